The Kier molecular flexibility index (Phi) is 3.60. The number of hydrogen-bond acceptors (Lipinski definition) is 2. The third kappa shape index (κ3) is 2.61. The van der Waals surface area contributed by atoms with Gasteiger partial charge in [-0.05, 0) is 30.2 Å². The molecule has 0 bridgehead atoms. The molecule has 1 aromatic carbocycles. The number of aromatic nitrogens is 2. The summed E-state index contributed by atoms with van der Waals surface area (Å²) in [4.78, 5) is 7.64. The average Bonchev–Trinajstić information content (AvgIpc) is 2.89. The summed E-state index contributed by atoms with van der Waals surface area (Å²) >= 11 is 6.44. The van der Waals surface area contributed by atoms with Crippen molar-refractivity contribution in [2.45, 2.75) is 19.8 Å². The van der Waals surface area contributed by atoms with Gasteiger partial charge in [0.25, 0.3) is 0 Å². The summed E-state index contributed by atoms with van der Waals surface area (Å²) in [7, 11) is 1.63. The van der Waals surface area contributed by atoms with Gasteiger partial charge in [0.15, 0.2) is 0 Å². The lowest BCUT2D eigenvalue weighted by Crippen LogP contribution is -1.87. The maximum Gasteiger partial charge on any atom is 0.137 e. The highest BCUT2D eigenvalue weighted by Crippen LogP contribution is 2.34. The Morgan fingerprint density at radius 2 is 1.95 bits per heavy atom. The zero-order chi connectivity index (χ0) is 15.0. The number of nitrogens with one attached hydrogen (secondary N) is 1. The fourth-order valence-electron chi connectivity index (χ4n) is 2.39. The molecular formula is C17H17ClN2O. The largest absolute Gasteiger partial charge is 0.495 e. The predicted molar refractivity (Wildman–Crippen MR) is 87.2 cm³/mol. The van der Waals surface area contributed by atoms with Crippen molar-refractivity contribution in [3.63, 3.8) is 0 Å². The number of nitrogens with zero attached hydrogens (tertiary/aromatic N) is 1. The molecule has 0 radical (unpaired) electrons. The van der Waals surface area contributed by atoms with E-state index in [1.54, 1.807) is 19.5 Å². The third-order valence-corrected chi connectivity index (χ3v) is 3.92. The van der Waals surface area contributed by atoms with Gasteiger partial charge in [0.2, 0.25) is 0 Å². The zero-order valence-corrected chi connectivity index (χ0v) is 13.0. The molecule has 4 heteroatoms. The highest BCUT2D eigenvalue weighted by Gasteiger charge is 2.10. The van der Waals surface area contributed by atoms with Crippen molar-refractivity contribution in [2.24, 2.45) is 0 Å². The molecule has 0 spiro atoms. The number of pyridine rings is 1. The molecule has 0 aliphatic carbocycles. The fraction of sp³-hybridized carbons (Fsp3) is 0.235. The van der Waals surface area contributed by atoms with Gasteiger partial charge in [0, 0.05) is 38.9 Å². The monoisotopic (exact) mass is 300 g/mol. The van der Waals surface area contributed by atoms with Crippen molar-refractivity contribution in [1.82, 2.24) is 9.97 Å². The van der Waals surface area contributed by atoms with Gasteiger partial charge in [0.1, 0.15) is 5.75 Å². The summed E-state index contributed by atoms with van der Waals surface area (Å²) in [5.41, 5.74) is 4.19. The molecule has 0 saturated carbocycles. The first-order chi connectivity index (χ1) is 10.1. The minimum absolute atomic E-state index is 0.457. The second-order valence-corrected chi connectivity index (χ2v) is 5.82. The van der Waals surface area contributed by atoms with E-state index in [1.807, 2.05) is 12.1 Å². The van der Waals surface area contributed by atoms with E-state index in [0.717, 1.165) is 27.8 Å². The second kappa shape index (κ2) is 5.41. The van der Waals surface area contributed by atoms with E-state index in [1.165, 1.54) is 5.69 Å². The minimum Gasteiger partial charge on any atom is -0.495 e. The normalized spacial score (nSPS) is 11.3. The average molecular weight is 301 g/mol. The van der Waals surface area contributed by atoms with Crippen LogP contribution in [0.3, 0.4) is 0 Å². The number of halogens is 1. The van der Waals surface area contributed by atoms with Crippen LogP contribution in [0.5, 0.6) is 5.75 Å². The molecule has 0 aliphatic rings. The fourth-order valence-corrected chi connectivity index (χ4v) is 2.67. The summed E-state index contributed by atoms with van der Waals surface area (Å²) in [6.45, 7) is 4.33. The van der Waals surface area contributed by atoms with Crippen LogP contribution in [0.4, 0.5) is 0 Å². The number of rotatable bonds is 3. The third-order valence-electron chi connectivity index (χ3n) is 3.61. The van der Waals surface area contributed by atoms with E-state index < -0.39 is 0 Å². The molecule has 0 unspecified atom stereocenters. The van der Waals surface area contributed by atoms with Crippen molar-refractivity contribution in [2.75, 3.05) is 7.11 Å². The Balaban J connectivity index is 2.15. The second-order valence-electron chi connectivity index (χ2n) is 5.41. The van der Waals surface area contributed by atoms with Crippen LogP contribution < -0.4 is 4.74 Å². The number of methoxy groups -OCH3 is 1. The Hall–Kier alpha value is -2.00. The van der Waals surface area contributed by atoms with E-state index in [4.69, 9.17) is 16.3 Å². The van der Waals surface area contributed by atoms with E-state index in [9.17, 15) is 0 Å². The quantitative estimate of drug-likeness (QED) is 0.738. The summed E-state index contributed by atoms with van der Waals surface area (Å²) in [6.07, 6.45) is 3.48. The summed E-state index contributed by atoms with van der Waals surface area (Å²) < 4.78 is 5.23. The van der Waals surface area contributed by atoms with Crippen LogP contribution in [0.25, 0.3) is 22.0 Å². The molecule has 2 aromatic heterocycles. The minimum atomic E-state index is 0.457. The molecule has 0 saturated heterocycles. The first kappa shape index (κ1) is 14.0. The Morgan fingerprint density at radius 1 is 1.14 bits per heavy atom. The van der Waals surface area contributed by atoms with Gasteiger partial charge in [-0.25, -0.2) is 0 Å². The summed E-state index contributed by atoms with van der Waals surface area (Å²) in [6, 6.07) is 8.15. The van der Waals surface area contributed by atoms with E-state index in [2.05, 4.69) is 35.9 Å². The lowest BCUT2D eigenvalue weighted by molar-refractivity contribution is 0.413. The molecule has 0 aliphatic heterocycles. The molecule has 0 fully saturated rings. The van der Waals surface area contributed by atoms with Crippen molar-refractivity contribution in [1.29, 1.82) is 0 Å². The maximum atomic E-state index is 6.44. The van der Waals surface area contributed by atoms with Gasteiger partial charge < -0.3 is 9.72 Å². The van der Waals surface area contributed by atoms with E-state index in [0.29, 0.717) is 10.9 Å². The lowest BCUT2D eigenvalue weighted by atomic mass is 10.1. The molecule has 3 nitrogen and oxygen atoms in total. The highest BCUT2D eigenvalue weighted by atomic mass is 35.5. The molecular weight excluding hydrogens is 284 g/mol. The molecule has 21 heavy (non-hydrogen) atoms. The van der Waals surface area contributed by atoms with Gasteiger partial charge in [-0.1, -0.05) is 25.4 Å². The van der Waals surface area contributed by atoms with Crippen LogP contribution in [0, 0.1) is 0 Å². The van der Waals surface area contributed by atoms with Crippen LogP contribution in [0.15, 0.2) is 36.7 Å². The van der Waals surface area contributed by atoms with Gasteiger partial charge >= 0.3 is 0 Å². The van der Waals surface area contributed by atoms with E-state index in [-0.39, 0.29) is 0 Å². The topological polar surface area (TPSA) is 37.9 Å². The van der Waals surface area contributed by atoms with Crippen molar-refractivity contribution >= 4 is 22.5 Å². The van der Waals surface area contributed by atoms with Gasteiger partial charge in [-0.15, -0.1) is 0 Å². The Labute approximate surface area is 128 Å². The SMILES string of the molecule is COc1cncc(-c2cc3[nH]c(C(C)C)cc3cc2Cl)c1. The highest BCUT2D eigenvalue weighted by molar-refractivity contribution is 6.34. The van der Waals surface area contributed by atoms with Crippen LogP contribution in [0.2, 0.25) is 5.02 Å². The number of H-pyrrole nitrogens is 1. The first-order valence-corrected chi connectivity index (χ1v) is 7.28. The number of fused-ring (bicyclic) bond motifs is 1. The van der Waals surface area contributed by atoms with Gasteiger partial charge in [-0.3, -0.25) is 4.98 Å². The van der Waals surface area contributed by atoms with E-state index >= 15 is 0 Å². The van der Waals surface area contributed by atoms with Crippen molar-refractivity contribution in [3.8, 4) is 16.9 Å². The van der Waals surface area contributed by atoms with Crippen LogP contribution in [-0.2, 0) is 0 Å². The van der Waals surface area contributed by atoms with Gasteiger partial charge in [-0.2, -0.15) is 0 Å². The first-order valence-electron chi connectivity index (χ1n) is 6.90. The number of benzene rings is 1. The molecule has 108 valence electrons. The van der Waals surface area contributed by atoms with Crippen LogP contribution >= 0.6 is 11.6 Å². The molecule has 0 atom stereocenters. The van der Waals surface area contributed by atoms with Crippen LogP contribution in [0.1, 0.15) is 25.5 Å². The standard InChI is InChI=1S/C17H17ClN2O/c1-10(2)16-6-11-5-15(18)14(7-17(11)20-16)12-4-13(21-3)9-19-8-12/h4-10,20H,1-3H3. The number of ether oxygens (including phenoxy) is 1. The lowest BCUT2D eigenvalue weighted by Gasteiger charge is -2.06. The zero-order valence-electron chi connectivity index (χ0n) is 12.3. The Bertz CT molecular complexity index is 793. The smallest absolute Gasteiger partial charge is 0.137 e. The van der Waals surface area contributed by atoms with Crippen molar-refractivity contribution < 1.29 is 4.74 Å². The van der Waals surface area contributed by atoms with Gasteiger partial charge in [0.05, 0.1) is 13.3 Å². The molecule has 1 N–H and O–H groups in total. The molecule has 3 rings (SSSR count). The molecule has 3 aromatic rings. The summed E-state index contributed by atoms with van der Waals surface area (Å²) in [5.74, 6) is 1.18. The number of aromatic amines is 1. The van der Waals surface area contributed by atoms with Crippen molar-refractivity contribution in [3.05, 3.63) is 47.4 Å². The number of hydrogen-bond donors (Lipinski definition) is 1. The summed E-state index contributed by atoms with van der Waals surface area (Å²) in [5, 5.41) is 1.84. The Morgan fingerprint density at radius 3 is 2.67 bits per heavy atom. The molecule has 0 amide bonds. The predicted octanol–water partition coefficient (Wildman–Crippen LogP) is 5.02. The van der Waals surface area contributed by atoms with Crippen LogP contribution in [-0.4, -0.2) is 17.1 Å². The maximum absolute atomic E-state index is 6.44. The molecule has 2 heterocycles.